The molecule has 1 fully saturated rings. The quantitative estimate of drug-likeness (QED) is 0.804. The van der Waals surface area contributed by atoms with Crippen molar-refractivity contribution in [2.75, 3.05) is 26.2 Å². The Kier molecular flexibility index (Phi) is 7.76. The Morgan fingerprint density at radius 2 is 2.22 bits per heavy atom. The monoisotopic (exact) mass is 381 g/mol. The zero-order valence-corrected chi connectivity index (χ0v) is 15.2. The topological polar surface area (TPSA) is 78.5 Å². The molecule has 1 heterocycles. The van der Waals surface area contributed by atoms with E-state index < -0.39 is 10.0 Å². The van der Waals surface area contributed by atoms with E-state index in [1.165, 1.54) is 12.1 Å². The number of sulfonamides is 1. The fourth-order valence-corrected chi connectivity index (χ4v) is 3.70. The van der Waals surface area contributed by atoms with E-state index in [9.17, 15) is 13.2 Å². The van der Waals surface area contributed by atoms with Crippen LogP contribution >= 0.6 is 24.0 Å². The van der Waals surface area contributed by atoms with Gasteiger partial charge in [-0.2, -0.15) is 0 Å². The molecule has 0 saturated carbocycles. The summed E-state index contributed by atoms with van der Waals surface area (Å²) in [6, 6.07) is 6.16. The van der Waals surface area contributed by atoms with Crippen LogP contribution in [0.4, 0.5) is 0 Å². The van der Waals surface area contributed by atoms with Gasteiger partial charge in [0.1, 0.15) is 0 Å². The lowest BCUT2D eigenvalue weighted by molar-refractivity contribution is -0.133. The van der Waals surface area contributed by atoms with Gasteiger partial charge in [0.15, 0.2) is 0 Å². The molecule has 1 amide bonds. The fourth-order valence-electron chi connectivity index (χ4n) is 2.36. The minimum Gasteiger partial charge on any atom is -0.337 e. The van der Waals surface area contributed by atoms with E-state index >= 15 is 0 Å². The molecule has 6 nitrogen and oxygen atoms in total. The Morgan fingerprint density at radius 1 is 1.48 bits per heavy atom. The second-order valence-electron chi connectivity index (χ2n) is 5.25. The zero-order chi connectivity index (χ0) is 16.2. The highest BCUT2D eigenvalue weighted by atomic mass is 35.5. The van der Waals surface area contributed by atoms with E-state index in [0.717, 1.165) is 13.1 Å². The van der Waals surface area contributed by atoms with E-state index in [4.69, 9.17) is 11.6 Å². The van der Waals surface area contributed by atoms with E-state index in [-0.39, 0.29) is 42.2 Å². The molecule has 1 aromatic rings. The Labute approximate surface area is 148 Å². The van der Waals surface area contributed by atoms with Crippen molar-refractivity contribution in [2.24, 2.45) is 0 Å². The number of benzene rings is 1. The highest BCUT2D eigenvalue weighted by Crippen LogP contribution is 2.15. The molecule has 0 radical (unpaired) electrons. The van der Waals surface area contributed by atoms with E-state index in [1.54, 1.807) is 17.0 Å². The molecular formula is C14H21Cl2N3O3S. The number of nitrogens with zero attached hydrogens (tertiary/aromatic N) is 1. The molecule has 1 aliphatic rings. The molecule has 1 saturated heterocycles. The molecule has 0 unspecified atom stereocenters. The lowest BCUT2D eigenvalue weighted by Gasteiger charge is -2.34. The van der Waals surface area contributed by atoms with Crippen molar-refractivity contribution in [1.82, 2.24) is 14.9 Å². The number of rotatable bonds is 5. The zero-order valence-electron chi connectivity index (χ0n) is 12.8. The number of carbonyl (C=O) groups excluding carboxylic acids is 1. The molecular weight excluding hydrogens is 361 g/mol. The first kappa shape index (κ1) is 20.2. The summed E-state index contributed by atoms with van der Waals surface area (Å²) in [4.78, 5) is 14.0. The van der Waals surface area contributed by atoms with Gasteiger partial charge >= 0.3 is 0 Å². The average molecular weight is 382 g/mol. The Bertz CT molecular complexity index is 640. The maximum atomic E-state index is 12.1. The molecule has 2 N–H and O–H groups in total. The molecule has 0 bridgehead atoms. The van der Waals surface area contributed by atoms with E-state index in [1.807, 2.05) is 6.92 Å². The number of amides is 1. The third kappa shape index (κ3) is 5.61. The third-order valence-electron chi connectivity index (χ3n) is 3.56. The van der Waals surface area contributed by atoms with Gasteiger partial charge in [0, 0.05) is 43.7 Å². The second kappa shape index (κ2) is 8.84. The number of nitrogens with one attached hydrogen (secondary N) is 2. The predicted octanol–water partition coefficient (Wildman–Crippen LogP) is 1.25. The first-order valence-electron chi connectivity index (χ1n) is 7.15. The number of carbonyl (C=O) groups is 1. The van der Waals surface area contributed by atoms with Crippen molar-refractivity contribution in [3.8, 4) is 0 Å². The molecule has 0 aromatic heterocycles. The van der Waals surface area contributed by atoms with Crippen LogP contribution in [0.15, 0.2) is 29.2 Å². The summed E-state index contributed by atoms with van der Waals surface area (Å²) in [7, 11) is -3.64. The summed E-state index contributed by atoms with van der Waals surface area (Å²) in [5, 5.41) is 3.56. The normalized spacial score (nSPS) is 18.3. The molecule has 0 spiro atoms. The summed E-state index contributed by atoms with van der Waals surface area (Å²) in [5.74, 6) is -0.0391. The summed E-state index contributed by atoms with van der Waals surface area (Å²) < 4.78 is 26.6. The van der Waals surface area contributed by atoms with Gasteiger partial charge in [-0.3, -0.25) is 4.79 Å². The fraction of sp³-hybridized carbons (Fsp3) is 0.500. The SMILES string of the molecule is C[C@@H]1CNCCN1C(=O)CCNS(=O)(=O)c1cccc(Cl)c1.Cl. The Balaban J connectivity index is 0.00000264. The molecule has 1 aromatic carbocycles. The van der Waals surface area contributed by atoms with Gasteiger partial charge in [0.2, 0.25) is 15.9 Å². The number of hydrogen-bond acceptors (Lipinski definition) is 4. The predicted molar refractivity (Wildman–Crippen MR) is 92.6 cm³/mol. The first-order valence-corrected chi connectivity index (χ1v) is 9.02. The van der Waals surface area contributed by atoms with Crippen LogP contribution in [0, 0.1) is 0 Å². The maximum absolute atomic E-state index is 12.1. The van der Waals surface area contributed by atoms with Crippen LogP contribution in [-0.2, 0) is 14.8 Å². The number of hydrogen-bond donors (Lipinski definition) is 2. The minimum absolute atomic E-state index is 0. The van der Waals surface area contributed by atoms with Crippen molar-refractivity contribution in [3.63, 3.8) is 0 Å². The van der Waals surface area contributed by atoms with Crippen LogP contribution in [0.25, 0.3) is 0 Å². The number of piperazine rings is 1. The van der Waals surface area contributed by atoms with Crippen molar-refractivity contribution < 1.29 is 13.2 Å². The lowest BCUT2D eigenvalue weighted by Crippen LogP contribution is -2.52. The summed E-state index contributed by atoms with van der Waals surface area (Å²) in [6.07, 6.45) is 0.143. The van der Waals surface area contributed by atoms with E-state index in [0.29, 0.717) is 11.6 Å². The highest BCUT2D eigenvalue weighted by Gasteiger charge is 2.23. The van der Waals surface area contributed by atoms with Crippen molar-refractivity contribution in [2.45, 2.75) is 24.3 Å². The smallest absolute Gasteiger partial charge is 0.240 e. The van der Waals surface area contributed by atoms with Gasteiger partial charge in [-0.05, 0) is 25.1 Å². The van der Waals surface area contributed by atoms with Gasteiger partial charge in [-0.25, -0.2) is 13.1 Å². The molecule has 130 valence electrons. The molecule has 2 rings (SSSR count). The van der Waals surface area contributed by atoms with Crippen molar-refractivity contribution in [3.05, 3.63) is 29.3 Å². The standard InChI is InChI=1S/C14H20ClN3O3S.ClH/c1-11-10-16-7-8-18(11)14(19)5-6-17-22(20,21)13-4-2-3-12(15)9-13;/h2-4,9,11,16-17H,5-8,10H2,1H3;1H/t11-;/m1./s1. The summed E-state index contributed by atoms with van der Waals surface area (Å²) in [5.41, 5.74) is 0. The van der Waals surface area contributed by atoms with Crippen LogP contribution in [0.3, 0.4) is 0 Å². The van der Waals surface area contributed by atoms with E-state index in [2.05, 4.69) is 10.0 Å². The lowest BCUT2D eigenvalue weighted by atomic mass is 10.2. The summed E-state index contributed by atoms with van der Waals surface area (Å²) >= 11 is 5.79. The van der Waals surface area contributed by atoms with Crippen LogP contribution in [-0.4, -0.2) is 51.4 Å². The number of halogens is 2. The first-order chi connectivity index (χ1) is 10.4. The van der Waals surface area contributed by atoms with Gasteiger partial charge in [-0.15, -0.1) is 12.4 Å². The largest absolute Gasteiger partial charge is 0.337 e. The molecule has 1 aliphatic heterocycles. The molecule has 23 heavy (non-hydrogen) atoms. The minimum atomic E-state index is -3.64. The second-order valence-corrected chi connectivity index (χ2v) is 7.45. The molecule has 1 atom stereocenters. The van der Waals surface area contributed by atoms with Gasteiger partial charge in [0.25, 0.3) is 0 Å². The van der Waals surface area contributed by atoms with Crippen molar-refractivity contribution in [1.29, 1.82) is 0 Å². The van der Waals surface area contributed by atoms with Crippen LogP contribution in [0.1, 0.15) is 13.3 Å². The highest BCUT2D eigenvalue weighted by molar-refractivity contribution is 7.89. The Morgan fingerprint density at radius 3 is 2.87 bits per heavy atom. The molecule has 0 aliphatic carbocycles. The summed E-state index contributed by atoms with van der Waals surface area (Å²) in [6.45, 7) is 4.23. The third-order valence-corrected chi connectivity index (χ3v) is 5.25. The van der Waals surface area contributed by atoms with Crippen LogP contribution in [0.5, 0.6) is 0 Å². The van der Waals surface area contributed by atoms with Gasteiger partial charge in [0.05, 0.1) is 4.90 Å². The van der Waals surface area contributed by atoms with Crippen molar-refractivity contribution >= 4 is 39.9 Å². The molecule has 9 heteroatoms. The van der Waals surface area contributed by atoms with Crippen LogP contribution in [0.2, 0.25) is 5.02 Å². The average Bonchev–Trinajstić information content (AvgIpc) is 2.47. The maximum Gasteiger partial charge on any atom is 0.240 e. The van der Waals surface area contributed by atoms with Gasteiger partial charge in [-0.1, -0.05) is 17.7 Å². The van der Waals surface area contributed by atoms with Gasteiger partial charge < -0.3 is 10.2 Å². The van der Waals surface area contributed by atoms with Crippen LogP contribution < -0.4 is 10.0 Å². The Hall–Kier alpha value is -0.860.